The first-order chi connectivity index (χ1) is 8.79. The standard InChI is InChI=1S/C15H21NO2/c17-11-13-7-3-4-8-14(13)16-15(18)10-9-12-5-1-2-6-12/h3-4,7-8,12,17H,1-2,5-6,9-11H2,(H,16,18). The number of aliphatic hydroxyl groups excluding tert-OH is 1. The average molecular weight is 247 g/mol. The maximum absolute atomic E-state index is 11.8. The van der Waals surface area contributed by atoms with Crippen molar-refractivity contribution < 1.29 is 9.90 Å². The normalized spacial score (nSPS) is 15.8. The Morgan fingerprint density at radius 3 is 2.72 bits per heavy atom. The molecular weight excluding hydrogens is 226 g/mol. The van der Waals surface area contributed by atoms with Gasteiger partial charge in [-0.2, -0.15) is 0 Å². The number of nitrogens with one attached hydrogen (secondary N) is 1. The highest BCUT2D eigenvalue weighted by Crippen LogP contribution is 2.28. The van der Waals surface area contributed by atoms with E-state index in [4.69, 9.17) is 0 Å². The summed E-state index contributed by atoms with van der Waals surface area (Å²) >= 11 is 0. The van der Waals surface area contributed by atoms with E-state index < -0.39 is 0 Å². The number of benzene rings is 1. The highest BCUT2D eigenvalue weighted by Gasteiger charge is 2.16. The van der Waals surface area contributed by atoms with Gasteiger partial charge < -0.3 is 10.4 Å². The molecule has 0 bridgehead atoms. The smallest absolute Gasteiger partial charge is 0.224 e. The van der Waals surface area contributed by atoms with E-state index >= 15 is 0 Å². The number of rotatable bonds is 5. The van der Waals surface area contributed by atoms with Crippen molar-refractivity contribution in [1.82, 2.24) is 0 Å². The Kier molecular flexibility index (Phi) is 4.76. The third-order valence-corrected chi connectivity index (χ3v) is 3.72. The third kappa shape index (κ3) is 3.57. The summed E-state index contributed by atoms with van der Waals surface area (Å²) in [6.07, 6.45) is 6.78. The third-order valence-electron chi connectivity index (χ3n) is 3.72. The first kappa shape index (κ1) is 13.1. The summed E-state index contributed by atoms with van der Waals surface area (Å²) in [6.45, 7) is -0.0426. The monoisotopic (exact) mass is 247 g/mol. The van der Waals surface area contributed by atoms with Crippen LogP contribution in [-0.4, -0.2) is 11.0 Å². The Morgan fingerprint density at radius 2 is 2.00 bits per heavy atom. The van der Waals surface area contributed by atoms with Gasteiger partial charge >= 0.3 is 0 Å². The van der Waals surface area contributed by atoms with Crippen molar-refractivity contribution in [3.8, 4) is 0 Å². The van der Waals surface area contributed by atoms with E-state index in [0.717, 1.165) is 23.6 Å². The molecule has 1 aromatic carbocycles. The number of aliphatic hydroxyl groups is 1. The summed E-state index contributed by atoms with van der Waals surface area (Å²) in [7, 11) is 0. The van der Waals surface area contributed by atoms with E-state index in [9.17, 15) is 9.90 Å². The van der Waals surface area contributed by atoms with Crippen LogP contribution in [0.25, 0.3) is 0 Å². The number of amides is 1. The van der Waals surface area contributed by atoms with Crippen LogP contribution in [0.3, 0.4) is 0 Å². The molecule has 2 N–H and O–H groups in total. The first-order valence-corrected chi connectivity index (χ1v) is 6.78. The van der Waals surface area contributed by atoms with E-state index in [2.05, 4.69) is 5.32 Å². The fraction of sp³-hybridized carbons (Fsp3) is 0.533. The number of anilines is 1. The maximum Gasteiger partial charge on any atom is 0.224 e. The van der Waals surface area contributed by atoms with Gasteiger partial charge in [-0.25, -0.2) is 0 Å². The first-order valence-electron chi connectivity index (χ1n) is 6.78. The second-order valence-corrected chi connectivity index (χ2v) is 5.05. The Labute approximate surface area is 108 Å². The summed E-state index contributed by atoms with van der Waals surface area (Å²) in [5, 5.41) is 12.1. The Morgan fingerprint density at radius 1 is 1.28 bits per heavy atom. The minimum atomic E-state index is -0.0426. The number of hydrogen-bond acceptors (Lipinski definition) is 2. The van der Waals surface area contributed by atoms with Gasteiger partial charge in [-0.3, -0.25) is 4.79 Å². The lowest BCUT2D eigenvalue weighted by molar-refractivity contribution is -0.116. The molecule has 3 nitrogen and oxygen atoms in total. The number of carbonyl (C=O) groups is 1. The van der Waals surface area contributed by atoms with Gasteiger partial charge in [0.1, 0.15) is 0 Å². The van der Waals surface area contributed by atoms with Crippen molar-refractivity contribution in [1.29, 1.82) is 0 Å². The highest BCUT2D eigenvalue weighted by molar-refractivity contribution is 5.91. The predicted octanol–water partition coefficient (Wildman–Crippen LogP) is 3.09. The molecule has 1 fully saturated rings. The number of para-hydroxylation sites is 1. The molecular formula is C15H21NO2. The zero-order chi connectivity index (χ0) is 12.8. The van der Waals surface area contributed by atoms with E-state index in [1.165, 1.54) is 25.7 Å². The number of carbonyl (C=O) groups excluding carboxylic acids is 1. The largest absolute Gasteiger partial charge is 0.392 e. The van der Waals surface area contributed by atoms with Crippen LogP contribution in [0.2, 0.25) is 0 Å². The maximum atomic E-state index is 11.8. The molecule has 18 heavy (non-hydrogen) atoms. The summed E-state index contributed by atoms with van der Waals surface area (Å²) in [5.41, 5.74) is 1.50. The Hall–Kier alpha value is -1.35. The molecule has 1 aliphatic rings. The van der Waals surface area contributed by atoms with Crippen LogP contribution in [-0.2, 0) is 11.4 Å². The summed E-state index contributed by atoms with van der Waals surface area (Å²) in [5.74, 6) is 0.798. The van der Waals surface area contributed by atoms with Gasteiger partial charge in [0.25, 0.3) is 0 Å². The van der Waals surface area contributed by atoms with Crippen LogP contribution in [0.15, 0.2) is 24.3 Å². The molecule has 1 aliphatic carbocycles. The highest BCUT2D eigenvalue weighted by atomic mass is 16.3. The van der Waals surface area contributed by atoms with Gasteiger partial charge in [0.05, 0.1) is 6.61 Å². The quantitative estimate of drug-likeness (QED) is 0.840. The Balaban J connectivity index is 1.82. The van der Waals surface area contributed by atoms with Gasteiger partial charge in [0.15, 0.2) is 0 Å². The minimum Gasteiger partial charge on any atom is -0.392 e. The average Bonchev–Trinajstić information content (AvgIpc) is 2.90. The van der Waals surface area contributed by atoms with Crippen LogP contribution in [0.1, 0.15) is 44.1 Å². The van der Waals surface area contributed by atoms with E-state index in [1.807, 2.05) is 24.3 Å². The van der Waals surface area contributed by atoms with Crippen molar-refractivity contribution in [3.63, 3.8) is 0 Å². The van der Waals surface area contributed by atoms with Crippen LogP contribution in [0.5, 0.6) is 0 Å². The molecule has 1 aromatic rings. The lowest BCUT2D eigenvalue weighted by Gasteiger charge is -2.11. The zero-order valence-corrected chi connectivity index (χ0v) is 10.7. The van der Waals surface area contributed by atoms with E-state index in [1.54, 1.807) is 0 Å². The summed E-state index contributed by atoms with van der Waals surface area (Å²) < 4.78 is 0. The van der Waals surface area contributed by atoms with Crippen molar-refractivity contribution in [2.75, 3.05) is 5.32 Å². The van der Waals surface area contributed by atoms with Crippen LogP contribution in [0, 0.1) is 5.92 Å². The molecule has 0 aliphatic heterocycles. The van der Waals surface area contributed by atoms with Crippen molar-refractivity contribution in [2.24, 2.45) is 5.92 Å². The summed E-state index contributed by atoms with van der Waals surface area (Å²) in [6, 6.07) is 7.39. The molecule has 2 rings (SSSR count). The lowest BCUT2D eigenvalue weighted by atomic mass is 10.0. The molecule has 1 amide bonds. The van der Waals surface area contributed by atoms with E-state index in [0.29, 0.717) is 6.42 Å². The molecule has 0 heterocycles. The summed E-state index contributed by atoms with van der Waals surface area (Å²) in [4.78, 5) is 11.8. The fourth-order valence-electron chi connectivity index (χ4n) is 2.63. The SMILES string of the molecule is O=C(CCC1CCCC1)Nc1ccccc1CO. The lowest BCUT2D eigenvalue weighted by Crippen LogP contribution is -2.14. The molecule has 98 valence electrons. The van der Waals surface area contributed by atoms with Crippen molar-refractivity contribution in [3.05, 3.63) is 29.8 Å². The number of hydrogen-bond donors (Lipinski definition) is 2. The predicted molar refractivity (Wildman–Crippen MR) is 72.2 cm³/mol. The Bertz CT molecular complexity index is 397. The second kappa shape index (κ2) is 6.55. The van der Waals surface area contributed by atoms with Crippen molar-refractivity contribution in [2.45, 2.75) is 45.1 Å². The van der Waals surface area contributed by atoms with Crippen LogP contribution >= 0.6 is 0 Å². The van der Waals surface area contributed by atoms with Gasteiger partial charge in [0.2, 0.25) is 5.91 Å². The van der Waals surface area contributed by atoms with Crippen LogP contribution < -0.4 is 5.32 Å². The molecule has 0 spiro atoms. The molecule has 0 atom stereocenters. The molecule has 3 heteroatoms. The van der Waals surface area contributed by atoms with Gasteiger partial charge in [0, 0.05) is 17.7 Å². The molecule has 0 radical (unpaired) electrons. The second-order valence-electron chi connectivity index (χ2n) is 5.05. The molecule has 1 saturated carbocycles. The topological polar surface area (TPSA) is 49.3 Å². The molecule has 0 aromatic heterocycles. The van der Waals surface area contributed by atoms with Gasteiger partial charge in [-0.15, -0.1) is 0 Å². The van der Waals surface area contributed by atoms with Crippen molar-refractivity contribution >= 4 is 11.6 Å². The zero-order valence-electron chi connectivity index (χ0n) is 10.7. The fourth-order valence-corrected chi connectivity index (χ4v) is 2.63. The minimum absolute atomic E-state index is 0.0426. The van der Waals surface area contributed by atoms with Crippen LogP contribution in [0.4, 0.5) is 5.69 Å². The molecule has 0 unspecified atom stereocenters. The van der Waals surface area contributed by atoms with Gasteiger partial charge in [-0.05, 0) is 18.4 Å². The molecule has 0 saturated heterocycles. The van der Waals surface area contributed by atoms with Gasteiger partial charge in [-0.1, -0.05) is 43.9 Å². The van der Waals surface area contributed by atoms with E-state index in [-0.39, 0.29) is 12.5 Å².